The van der Waals surface area contributed by atoms with Crippen LogP contribution in [0, 0.1) is 5.92 Å². The van der Waals surface area contributed by atoms with Gasteiger partial charge in [-0.3, -0.25) is 14.4 Å². The molecule has 1 aliphatic heterocycles. The van der Waals surface area contributed by atoms with Gasteiger partial charge in [-0.2, -0.15) is 0 Å². The van der Waals surface area contributed by atoms with Gasteiger partial charge in [-0.25, -0.2) is 9.37 Å². The quantitative estimate of drug-likeness (QED) is 0.541. The summed E-state index contributed by atoms with van der Waals surface area (Å²) < 4.78 is 14.7. The van der Waals surface area contributed by atoms with E-state index in [2.05, 4.69) is 20.5 Å². The number of aromatic nitrogens is 1. The van der Waals surface area contributed by atoms with Gasteiger partial charge < -0.3 is 20.4 Å². The number of carbonyl (C=O) groups is 3. The third-order valence-corrected chi connectivity index (χ3v) is 8.10. The number of rotatable bonds is 6. The molecule has 2 heterocycles. The van der Waals surface area contributed by atoms with Gasteiger partial charge in [0.2, 0.25) is 5.91 Å². The van der Waals surface area contributed by atoms with Crippen molar-refractivity contribution in [1.29, 1.82) is 0 Å². The van der Waals surface area contributed by atoms with Crippen LogP contribution in [0.2, 0.25) is 5.02 Å². The van der Waals surface area contributed by atoms with Crippen LogP contribution in [0.15, 0.2) is 30.1 Å². The van der Waals surface area contributed by atoms with Gasteiger partial charge in [0, 0.05) is 55.5 Å². The first-order chi connectivity index (χ1) is 17.6. The second-order valence-corrected chi connectivity index (χ2v) is 11.3. The number of thiazole rings is 1. The first-order valence-corrected chi connectivity index (χ1v) is 13.4. The van der Waals surface area contributed by atoms with E-state index in [0.717, 1.165) is 36.2 Å². The van der Waals surface area contributed by atoms with Crippen molar-refractivity contribution in [1.82, 2.24) is 25.4 Å². The lowest BCUT2D eigenvalue weighted by Crippen LogP contribution is -2.56. The fraction of sp³-hybridized carbons (Fsp3) is 0.462. The van der Waals surface area contributed by atoms with Crippen LogP contribution >= 0.6 is 22.9 Å². The highest BCUT2D eigenvalue weighted by Gasteiger charge is 2.37. The Morgan fingerprint density at radius 2 is 1.89 bits per heavy atom. The van der Waals surface area contributed by atoms with E-state index in [4.69, 9.17) is 11.6 Å². The Bertz CT molecular complexity index is 1200. The molecule has 2 N–H and O–H groups in total. The molecule has 198 valence electrons. The molecule has 3 amide bonds. The van der Waals surface area contributed by atoms with Gasteiger partial charge in [0.1, 0.15) is 0 Å². The van der Waals surface area contributed by atoms with Crippen LogP contribution in [-0.4, -0.2) is 72.3 Å². The summed E-state index contributed by atoms with van der Waals surface area (Å²) in [6, 6.07) is 5.37. The molecule has 37 heavy (non-hydrogen) atoms. The van der Waals surface area contributed by atoms with Crippen LogP contribution in [0.1, 0.15) is 45.2 Å². The molecule has 1 fully saturated rings. The number of hydrogen-bond acceptors (Lipinski definition) is 6. The molecule has 0 bridgehead atoms. The van der Waals surface area contributed by atoms with E-state index >= 15 is 0 Å². The van der Waals surface area contributed by atoms with Gasteiger partial charge in [0.15, 0.2) is 10.8 Å². The standard InChI is InChI=1S/C26H31ClFN5O3S/c1-32(2)26(36)16-6-9-19(29-23(34)18(28)12-15-4-7-17(27)8-5-15)21(13-16)30-24(35)25-31-20-10-11-33(3)14-22(20)37-25/h4-5,7-8,12,16,19,21H,6,9-11,13-14H2,1-3H3,(H,29,34)(H,30,35)/t16-,19-,21+/m0/s1. The van der Waals surface area contributed by atoms with Gasteiger partial charge in [-0.1, -0.05) is 23.7 Å². The largest absolute Gasteiger partial charge is 0.349 e. The average Bonchev–Trinajstić information content (AvgIpc) is 3.29. The number of halogens is 2. The summed E-state index contributed by atoms with van der Waals surface area (Å²) in [5.74, 6) is -2.51. The van der Waals surface area contributed by atoms with Crippen LogP contribution in [-0.2, 0) is 22.6 Å². The van der Waals surface area contributed by atoms with Crippen molar-refractivity contribution in [2.75, 3.05) is 27.7 Å². The number of hydrogen-bond donors (Lipinski definition) is 2. The van der Waals surface area contributed by atoms with Gasteiger partial charge in [-0.05, 0) is 50.1 Å². The van der Waals surface area contributed by atoms with Crippen LogP contribution in [0.3, 0.4) is 0 Å². The predicted molar refractivity (Wildman–Crippen MR) is 142 cm³/mol. The van der Waals surface area contributed by atoms with Crippen molar-refractivity contribution in [3.8, 4) is 0 Å². The van der Waals surface area contributed by atoms with E-state index in [0.29, 0.717) is 34.9 Å². The van der Waals surface area contributed by atoms with Gasteiger partial charge in [0.05, 0.1) is 11.7 Å². The molecule has 11 heteroatoms. The summed E-state index contributed by atoms with van der Waals surface area (Å²) in [4.78, 5) is 47.8. The number of benzene rings is 1. The molecule has 1 aromatic carbocycles. The monoisotopic (exact) mass is 547 g/mol. The first kappa shape index (κ1) is 27.2. The zero-order valence-corrected chi connectivity index (χ0v) is 22.7. The Hall–Kier alpha value is -2.82. The minimum atomic E-state index is -0.949. The molecule has 3 atom stereocenters. The number of nitrogens with zero attached hydrogens (tertiary/aromatic N) is 3. The molecule has 1 saturated carbocycles. The highest BCUT2D eigenvalue weighted by atomic mass is 35.5. The lowest BCUT2D eigenvalue weighted by atomic mass is 9.81. The average molecular weight is 548 g/mol. The van der Waals surface area contributed by atoms with E-state index in [1.165, 1.54) is 16.2 Å². The van der Waals surface area contributed by atoms with Gasteiger partial charge >= 0.3 is 0 Å². The number of likely N-dealkylation sites (N-methyl/N-ethyl adjacent to an activating group) is 1. The van der Waals surface area contributed by atoms with Crippen molar-refractivity contribution in [2.45, 2.75) is 44.3 Å². The normalized spacial score (nSPS) is 22.2. The Kier molecular flexibility index (Phi) is 8.61. The van der Waals surface area contributed by atoms with Crippen LogP contribution < -0.4 is 10.6 Å². The minimum absolute atomic E-state index is 0.0365. The van der Waals surface area contributed by atoms with Crippen molar-refractivity contribution < 1.29 is 18.8 Å². The van der Waals surface area contributed by atoms with Crippen LogP contribution in [0.5, 0.6) is 0 Å². The second-order valence-electron chi connectivity index (χ2n) is 9.82. The first-order valence-electron chi connectivity index (χ1n) is 12.2. The maximum atomic E-state index is 14.7. The van der Waals surface area contributed by atoms with Crippen molar-refractivity contribution in [3.63, 3.8) is 0 Å². The predicted octanol–water partition coefficient (Wildman–Crippen LogP) is 3.27. The van der Waals surface area contributed by atoms with E-state index in [1.807, 2.05) is 7.05 Å². The van der Waals surface area contributed by atoms with Crippen molar-refractivity contribution in [3.05, 3.63) is 56.3 Å². The Morgan fingerprint density at radius 1 is 1.16 bits per heavy atom. The van der Waals surface area contributed by atoms with E-state index in [-0.39, 0.29) is 17.7 Å². The fourth-order valence-electron chi connectivity index (χ4n) is 4.75. The summed E-state index contributed by atoms with van der Waals surface area (Å²) in [5.41, 5.74) is 1.44. The number of fused-ring (bicyclic) bond motifs is 1. The Labute approximate surface area is 224 Å². The molecule has 8 nitrogen and oxygen atoms in total. The lowest BCUT2D eigenvalue weighted by Gasteiger charge is -2.37. The minimum Gasteiger partial charge on any atom is -0.349 e. The molecule has 2 aromatic rings. The molecule has 0 saturated heterocycles. The highest BCUT2D eigenvalue weighted by molar-refractivity contribution is 7.13. The molecule has 2 aliphatic rings. The molecular formula is C26H31ClFN5O3S. The summed E-state index contributed by atoms with van der Waals surface area (Å²) >= 11 is 7.23. The zero-order chi connectivity index (χ0) is 26.7. The fourth-order valence-corrected chi connectivity index (χ4v) is 5.97. The Balaban J connectivity index is 1.49. The van der Waals surface area contributed by atoms with Crippen LogP contribution in [0.4, 0.5) is 4.39 Å². The summed E-state index contributed by atoms with van der Waals surface area (Å²) in [6.07, 6.45) is 3.21. The van der Waals surface area contributed by atoms with Gasteiger partial charge in [0.25, 0.3) is 11.8 Å². The maximum Gasteiger partial charge on any atom is 0.280 e. The molecule has 0 spiro atoms. The molecule has 1 aromatic heterocycles. The second kappa shape index (κ2) is 11.7. The Morgan fingerprint density at radius 3 is 2.59 bits per heavy atom. The number of carbonyl (C=O) groups excluding carboxylic acids is 3. The number of nitrogens with one attached hydrogen (secondary N) is 2. The van der Waals surface area contributed by atoms with Crippen molar-refractivity contribution in [2.24, 2.45) is 5.92 Å². The molecule has 1 aliphatic carbocycles. The van der Waals surface area contributed by atoms with Crippen molar-refractivity contribution >= 4 is 46.7 Å². The maximum absolute atomic E-state index is 14.7. The van der Waals surface area contributed by atoms with E-state index in [9.17, 15) is 18.8 Å². The number of amides is 3. The smallest absolute Gasteiger partial charge is 0.280 e. The molecule has 4 rings (SSSR count). The molecule has 0 unspecified atom stereocenters. The van der Waals surface area contributed by atoms with E-state index in [1.54, 1.807) is 38.4 Å². The molecule has 0 radical (unpaired) electrons. The molecular weight excluding hydrogens is 517 g/mol. The summed E-state index contributed by atoms with van der Waals surface area (Å²) in [6.45, 7) is 1.64. The highest BCUT2D eigenvalue weighted by Crippen LogP contribution is 2.28. The third kappa shape index (κ3) is 6.74. The SMILES string of the molecule is CN1CCc2nc(C(=O)N[C@@H]3C[C@@H](C(=O)N(C)C)CC[C@@H]3NC(=O)C(F)=Cc3ccc(Cl)cc3)sc2C1. The topological polar surface area (TPSA) is 94.6 Å². The van der Waals surface area contributed by atoms with Gasteiger partial charge in [-0.15, -0.1) is 11.3 Å². The summed E-state index contributed by atoms with van der Waals surface area (Å²) in [5, 5.41) is 6.59. The summed E-state index contributed by atoms with van der Waals surface area (Å²) in [7, 11) is 5.41. The lowest BCUT2D eigenvalue weighted by molar-refractivity contribution is -0.134. The zero-order valence-electron chi connectivity index (χ0n) is 21.1. The third-order valence-electron chi connectivity index (χ3n) is 6.77. The van der Waals surface area contributed by atoms with Crippen LogP contribution in [0.25, 0.3) is 6.08 Å². The van der Waals surface area contributed by atoms with E-state index < -0.39 is 23.8 Å².